The lowest BCUT2D eigenvalue weighted by molar-refractivity contribution is 0.0867. The number of ether oxygens (including phenoxy) is 1. The molecule has 0 aliphatic carbocycles. The molecule has 2 aromatic carbocycles. The van der Waals surface area contributed by atoms with Crippen LogP contribution >= 0.6 is 0 Å². The van der Waals surface area contributed by atoms with Gasteiger partial charge in [0.15, 0.2) is 0 Å². The molecule has 1 aliphatic rings. The van der Waals surface area contributed by atoms with Gasteiger partial charge in [0.1, 0.15) is 12.4 Å². The van der Waals surface area contributed by atoms with Crippen LogP contribution in [0.1, 0.15) is 30.1 Å². The number of carbonyl (C=O) groups is 1. The molecule has 134 valence electrons. The molecule has 4 rings (SSSR count). The van der Waals surface area contributed by atoms with Gasteiger partial charge >= 0.3 is 6.09 Å². The summed E-state index contributed by atoms with van der Waals surface area (Å²) in [7, 11) is 0. The van der Waals surface area contributed by atoms with E-state index in [0.717, 1.165) is 41.0 Å². The van der Waals surface area contributed by atoms with Crippen molar-refractivity contribution < 1.29 is 9.53 Å². The van der Waals surface area contributed by atoms with Crippen molar-refractivity contribution in [3.8, 4) is 0 Å². The lowest BCUT2D eigenvalue weighted by Crippen LogP contribution is -2.38. The molecule has 0 radical (unpaired) electrons. The van der Waals surface area contributed by atoms with E-state index >= 15 is 0 Å². The Morgan fingerprint density at radius 1 is 1.19 bits per heavy atom. The van der Waals surface area contributed by atoms with Gasteiger partial charge in [-0.3, -0.25) is 0 Å². The number of nitrogens with two attached hydrogens (primary N) is 1. The van der Waals surface area contributed by atoms with Gasteiger partial charge in [0.05, 0.1) is 11.0 Å². The Morgan fingerprint density at radius 3 is 2.73 bits per heavy atom. The highest BCUT2D eigenvalue weighted by molar-refractivity contribution is 5.78. The summed E-state index contributed by atoms with van der Waals surface area (Å²) in [5, 5.41) is 0. The van der Waals surface area contributed by atoms with Crippen molar-refractivity contribution in [1.82, 2.24) is 14.9 Å². The predicted molar refractivity (Wildman–Crippen MR) is 101 cm³/mol. The summed E-state index contributed by atoms with van der Waals surface area (Å²) >= 11 is 0. The average molecular weight is 350 g/mol. The summed E-state index contributed by atoms with van der Waals surface area (Å²) in [6.45, 7) is 1.67. The Hall–Kier alpha value is -3.02. The first-order valence-corrected chi connectivity index (χ1v) is 8.90. The molecule has 1 aromatic heterocycles. The highest BCUT2D eigenvalue weighted by Crippen LogP contribution is 2.28. The SMILES string of the molecule is Nc1ccc2nc(C3CCN(C(=O)OCc4ccccc4)CC3)[nH]c2c1. The van der Waals surface area contributed by atoms with Gasteiger partial charge in [0, 0.05) is 24.7 Å². The number of nitrogens with zero attached hydrogens (tertiary/aromatic N) is 2. The van der Waals surface area contributed by atoms with Crippen molar-refractivity contribution >= 4 is 22.8 Å². The fourth-order valence-corrected chi connectivity index (χ4v) is 3.39. The second-order valence-corrected chi connectivity index (χ2v) is 6.70. The molecule has 6 nitrogen and oxygen atoms in total. The van der Waals surface area contributed by atoms with Crippen LogP contribution in [0.25, 0.3) is 11.0 Å². The summed E-state index contributed by atoms with van der Waals surface area (Å²) in [4.78, 5) is 22.1. The molecular formula is C20H22N4O2. The Bertz CT molecular complexity index is 899. The number of H-pyrrole nitrogens is 1. The molecule has 2 heterocycles. The molecule has 3 aromatic rings. The van der Waals surface area contributed by atoms with Crippen LogP contribution < -0.4 is 5.73 Å². The molecule has 26 heavy (non-hydrogen) atoms. The standard InChI is InChI=1S/C20H22N4O2/c21-16-6-7-17-18(12-16)23-19(22-17)15-8-10-24(11-9-15)20(25)26-13-14-4-2-1-3-5-14/h1-7,12,15H,8-11,13,21H2,(H,22,23). The number of hydrogen-bond donors (Lipinski definition) is 2. The van der Waals surface area contributed by atoms with E-state index in [4.69, 9.17) is 10.5 Å². The van der Waals surface area contributed by atoms with Crippen LogP contribution in [0, 0.1) is 0 Å². The maximum Gasteiger partial charge on any atom is 0.410 e. The molecule has 0 atom stereocenters. The molecule has 1 aliphatic heterocycles. The second-order valence-electron chi connectivity index (χ2n) is 6.70. The zero-order valence-electron chi connectivity index (χ0n) is 14.5. The number of nitrogens with one attached hydrogen (secondary N) is 1. The zero-order chi connectivity index (χ0) is 17.9. The zero-order valence-corrected chi connectivity index (χ0v) is 14.5. The van der Waals surface area contributed by atoms with Gasteiger partial charge < -0.3 is 20.4 Å². The van der Waals surface area contributed by atoms with Crippen molar-refractivity contribution in [2.45, 2.75) is 25.4 Å². The van der Waals surface area contributed by atoms with E-state index in [1.54, 1.807) is 4.90 Å². The third-order valence-corrected chi connectivity index (χ3v) is 4.87. The fraction of sp³-hybridized carbons (Fsp3) is 0.300. The molecule has 1 fully saturated rings. The molecule has 6 heteroatoms. The molecule has 0 saturated carbocycles. The van der Waals surface area contributed by atoms with Crippen LogP contribution in [-0.4, -0.2) is 34.1 Å². The predicted octanol–water partition coefficient (Wildman–Crippen LogP) is 3.66. The smallest absolute Gasteiger partial charge is 0.410 e. The van der Waals surface area contributed by atoms with E-state index in [-0.39, 0.29) is 6.09 Å². The molecular weight excluding hydrogens is 328 g/mol. The van der Waals surface area contributed by atoms with Gasteiger partial charge in [0.2, 0.25) is 0 Å². The number of rotatable bonds is 3. The Labute approximate surface area is 152 Å². The molecule has 3 N–H and O–H groups in total. The molecule has 0 bridgehead atoms. The first kappa shape index (κ1) is 16.4. The summed E-state index contributed by atoms with van der Waals surface area (Å²) in [5.74, 6) is 1.30. The van der Waals surface area contributed by atoms with Crippen LogP contribution in [-0.2, 0) is 11.3 Å². The lowest BCUT2D eigenvalue weighted by atomic mass is 9.96. The van der Waals surface area contributed by atoms with E-state index in [2.05, 4.69) is 9.97 Å². The monoisotopic (exact) mass is 350 g/mol. The van der Waals surface area contributed by atoms with Gasteiger partial charge in [-0.15, -0.1) is 0 Å². The van der Waals surface area contributed by atoms with Crippen molar-refractivity contribution in [3.63, 3.8) is 0 Å². The molecule has 0 unspecified atom stereocenters. The number of likely N-dealkylation sites (tertiary alicyclic amines) is 1. The summed E-state index contributed by atoms with van der Waals surface area (Å²) in [6, 6.07) is 15.4. The number of carbonyl (C=O) groups excluding carboxylic acids is 1. The summed E-state index contributed by atoms with van der Waals surface area (Å²) in [6.07, 6.45) is 1.50. The van der Waals surface area contributed by atoms with E-state index in [1.807, 2.05) is 48.5 Å². The minimum Gasteiger partial charge on any atom is -0.445 e. The van der Waals surface area contributed by atoms with Crippen molar-refractivity contribution in [2.75, 3.05) is 18.8 Å². The van der Waals surface area contributed by atoms with Gasteiger partial charge in [-0.25, -0.2) is 9.78 Å². The van der Waals surface area contributed by atoms with E-state index in [1.165, 1.54) is 0 Å². The highest BCUT2D eigenvalue weighted by atomic mass is 16.6. The van der Waals surface area contributed by atoms with Crippen LogP contribution in [0.3, 0.4) is 0 Å². The van der Waals surface area contributed by atoms with E-state index in [0.29, 0.717) is 25.6 Å². The number of piperidine rings is 1. The van der Waals surface area contributed by atoms with Crippen LogP contribution in [0.4, 0.5) is 10.5 Å². The van der Waals surface area contributed by atoms with Crippen LogP contribution in [0.15, 0.2) is 48.5 Å². The van der Waals surface area contributed by atoms with Crippen molar-refractivity contribution in [2.24, 2.45) is 0 Å². The number of aromatic nitrogens is 2. The largest absolute Gasteiger partial charge is 0.445 e. The second kappa shape index (κ2) is 7.07. The van der Waals surface area contributed by atoms with Crippen LogP contribution in [0.2, 0.25) is 0 Å². The highest BCUT2D eigenvalue weighted by Gasteiger charge is 2.26. The Kier molecular flexibility index (Phi) is 4.48. The van der Waals surface area contributed by atoms with E-state index in [9.17, 15) is 4.79 Å². The maximum absolute atomic E-state index is 12.3. The Morgan fingerprint density at radius 2 is 1.96 bits per heavy atom. The van der Waals surface area contributed by atoms with Gasteiger partial charge in [0.25, 0.3) is 0 Å². The quantitative estimate of drug-likeness (QED) is 0.706. The number of aromatic amines is 1. The third kappa shape index (κ3) is 3.49. The van der Waals surface area contributed by atoms with Crippen molar-refractivity contribution in [3.05, 3.63) is 59.9 Å². The third-order valence-electron chi connectivity index (χ3n) is 4.87. The summed E-state index contributed by atoms with van der Waals surface area (Å²) < 4.78 is 5.42. The number of imidazole rings is 1. The topological polar surface area (TPSA) is 84.2 Å². The number of fused-ring (bicyclic) bond motifs is 1. The number of amides is 1. The minimum atomic E-state index is -0.246. The van der Waals surface area contributed by atoms with Gasteiger partial charge in [-0.05, 0) is 36.6 Å². The molecule has 0 spiro atoms. The fourth-order valence-electron chi connectivity index (χ4n) is 3.39. The first-order valence-electron chi connectivity index (χ1n) is 8.90. The maximum atomic E-state index is 12.3. The van der Waals surface area contributed by atoms with Gasteiger partial charge in [-0.2, -0.15) is 0 Å². The lowest BCUT2D eigenvalue weighted by Gasteiger charge is -2.30. The first-order chi connectivity index (χ1) is 12.7. The summed E-state index contributed by atoms with van der Waals surface area (Å²) in [5.41, 5.74) is 9.44. The average Bonchev–Trinajstić information content (AvgIpc) is 3.10. The molecule has 1 saturated heterocycles. The number of benzene rings is 2. The number of hydrogen-bond acceptors (Lipinski definition) is 4. The minimum absolute atomic E-state index is 0.246. The number of nitrogen functional groups attached to an aromatic ring is 1. The van der Waals surface area contributed by atoms with Crippen molar-refractivity contribution in [1.29, 1.82) is 0 Å². The van der Waals surface area contributed by atoms with E-state index < -0.39 is 0 Å². The normalized spacial score (nSPS) is 15.3. The molecule has 1 amide bonds. The Balaban J connectivity index is 1.33. The number of anilines is 1. The van der Waals surface area contributed by atoms with Crippen LogP contribution in [0.5, 0.6) is 0 Å². The van der Waals surface area contributed by atoms with Gasteiger partial charge in [-0.1, -0.05) is 30.3 Å².